The number of nitrogens with zero attached hydrogens (tertiary/aromatic N) is 1. The number of rotatable bonds is 3. The van der Waals surface area contributed by atoms with Gasteiger partial charge < -0.3 is 14.7 Å². The predicted molar refractivity (Wildman–Crippen MR) is 73.8 cm³/mol. The summed E-state index contributed by atoms with van der Waals surface area (Å²) in [5.74, 6) is -0.588. The van der Waals surface area contributed by atoms with Crippen LogP contribution in [-0.4, -0.2) is 42.1 Å². The first-order valence-corrected chi connectivity index (χ1v) is 6.69. The zero-order valence-electron chi connectivity index (χ0n) is 11.7. The summed E-state index contributed by atoms with van der Waals surface area (Å²) < 4.78 is 5.11. The Bertz CT molecular complexity index is 514. The Labute approximate surface area is 118 Å². The van der Waals surface area contributed by atoms with Crippen LogP contribution in [0.1, 0.15) is 23.7 Å². The molecule has 0 spiro atoms. The van der Waals surface area contributed by atoms with Gasteiger partial charge in [0.05, 0.1) is 13.0 Å². The van der Waals surface area contributed by atoms with Crippen LogP contribution in [0.3, 0.4) is 0 Å². The summed E-state index contributed by atoms with van der Waals surface area (Å²) in [7, 11) is 1.56. The van der Waals surface area contributed by atoms with Crippen LogP contribution >= 0.6 is 0 Å². The van der Waals surface area contributed by atoms with E-state index in [1.807, 2.05) is 6.92 Å². The average molecular weight is 277 g/mol. The molecule has 1 heterocycles. The van der Waals surface area contributed by atoms with Gasteiger partial charge in [0.25, 0.3) is 5.91 Å². The van der Waals surface area contributed by atoms with Crippen molar-refractivity contribution in [2.45, 2.75) is 13.3 Å². The Kier molecular flexibility index (Phi) is 4.27. The van der Waals surface area contributed by atoms with E-state index in [4.69, 9.17) is 9.84 Å². The van der Waals surface area contributed by atoms with E-state index in [2.05, 4.69) is 0 Å². The van der Waals surface area contributed by atoms with Gasteiger partial charge in [0, 0.05) is 18.7 Å². The van der Waals surface area contributed by atoms with Crippen LogP contribution in [0.4, 0.5) is 0 Å². The zero-order chi connectivity index (χ0) is 14.7. The highest BCUT2D eigenvalue weighted by atomic mass is 16.5. The van der Waals surface area contributed by atoms with Crippen LogP contribution in [-0.2, 0) is 4.79 Å². The van der Waals surface area contributed by atoms with Gasteiger partial charge in [0.1, 0.15) is 5.75 Å². The van der Waals surface area contributed by atoms with Gasteiger partial charge in [0.2, 0.25) is 0 Å². The number of likely N-dealkylation sites (tertiary alicyclic amines) is 1. The molecule has 5 nitrogen and oxygen atoms in total. The summed E-state index contributed by atoms with van der Waals surface area (Å²) in [6, 6.07) is 7.02. The fourth-order valence-electron chi connectivity index (χ4n) is 2.64. The highest BCUT2D eigenvalue weighted by Crippen LogP contribution is 2.25. The van der Waals surface area contributed by atoms with Crippen LogP contribution < -0.4 is 4.74 Å². The van der Waals surface area contributed by atoms with Crippen LogP contribution in [0, 0.1) is 11.8 Å². The Balaban J connectivity index is 2.09. The third-order valence-corrected chi connectivity index (χ3v) is 3.83. The number of benzene rings is 1. The second-order valence-corrected chi connectivity index (χ2v) is 5.19. The molecule has 1 fully saturated rings. The summed E-state index contributed by atoms with van der Waals surface area (Å²) in [5, 5.41) is 9.10. The van der Waals surface area contributed by atoms with Gasteiger partial charge in [-0.15, -0.1) is 0 Å². The minimum absolute atomic E-state index is 0.0317. The first-order chi connectivity index (χ1) is 9.52. The number of amides is 1. The first kappa shape index (κ1) is 14.4. The van der Waals surface area contributed by atoms with Gasteiger partial charge in [-0.05, 0) is 30.5 Å². The van der Waals surface area contributed by atoms with E-state index in [1.165, 1.54) is 0 Å². The Hall–Kier alpha value is -2.04. The van der Waals surface area contributed by atoms with Crippen molar-refractivity contribution in [2.24, 2.45) is 11.8 Å². The summed E-state index contributed by atoms with van der Waals surface area (Å²) in [4.78, 5) is 25.2. The molecule has 1 amide bonds. The van der Waals surface area contributed by atoms with Crippen molar-refractivity contribution in [3.8, 4) is 5.75 Å². The number of carbonyl (C=O) groups excluding carboxylic acids is 1. The highest BCUT2D eigenvalue weighted by molar-refractivity contribution is 5.94. The molecule has 0 bridgehead atoms. The Morgan fingerprint density at radius 2 is 2.15 bits per heavy atom. The maximum Gasteiger partial charge on any atom is 0.306 e. The van der Waals surface area contributed by atoms with Gasteiger partial charge in [-0.25, -0.2) is 0 Å². The molecule has 1 aliphatic rings. The molecule has 1 aromatic carbocycles. The van der Waals surface area contributed by atoms with Crippen molar-refractivity contribution in [1.82, 2.24) is 4.90 Å². The predicted octanol–water partition coefficient (Wildman–Crippen LogP) is 1.88. The SMILES string of the molecule is COc1cccc(C(=O)N2CCC(C(=O)O)C(C)C2)c1. The third-order valence-electron chi connectivity index (χ3n) is 3.83. The molecule has 5 heteroatoms. The number of carboxylic acid groups (broad SMARTS) is 1. The maximum atomic E-state index is 12.4. The van der Waals surface area contributed by atoms with Crippen LogP contribution in [0.25, 0.3) is 0 Å². The van der Waals surface area contributed by atoms with E-state index < -0.39 is 5.97 Å². The van der Waals surface area contributed by atoms with E-state index in [0.29, 0.717) is 30.8 Å². The zero-order valence-corrected chi connectivity index (χ0v) is 11.7. The number of aliphatic carboxylic acids is 1. The molecule has 0 saturated carbocycles. The maximum absolute atomic E-state index is 12.4. The largest absolute Gasteiger partial charge is 0.497 e. The molecule has 2 atom stereocenters. The smallest absolute Gasteiger partial charge is 0.306 e. The molecular formula is C15H19NO4. The monoisotopic (exact) mass is 277 g/mol. The molecule has 1 aliphatic heterocycles. The molecule has 0 aliphatic carbocycles. The van der Waals surface area contributed by atoms with Crippen molar-refractivity contribution in [3.05, 3.63) is 29.8 Å². The molecule has 108 valence electrons. The van der Waals surface area contributed by atoms with E-state index in [9.17, 15) is 9.59 Å². The van der Waals surface area contributed by atoms with Crippen molar-refractivity contribution in [1.29, 1.82) is 0 Å². The number of carbonyl (C=O) groups is 2. The molecule has 1 N–H and O–H groups in total. The number of hydrogen-bond donors (Lipinski definition) is 1. The summed E-state index contributed by atoms with van der Waals surface area (Å²) in [6.07, 6.45) is 0.506. The van der Waals surface area contributed by atoms with Gasteiger partial charge in [-0.2, -0.15) is 0 Å². The fourth-order valence-corrected chi connectivity index (χ4v) is 2.64. The number of ether oxygens (including phenoxy) is 1. The van der Waals surface area contributed by atoms with Crippen molar-refractivity contribution in [2.75, 3.05) is 20.2 Å². The third kappa shape index (κ3) is 2.92. The Morgan fingerprint density at radius 3 is 2.75 bits per heavy atom. The Morgan fingerprint density at radius 1 is 1.40 bits per heavy atom. The number of carboxylic acids is 1. The lowest BCUT2D eigenvalue weighted by Gasteiger charge is -2.35. The minimum Gasteiger partial charge on any atom is -0.497 e. The van der Waals surface area contributed by atoms with Crippen LogP contribution in [0.5, 0.6) is 5.75 Å². The second kappa shape index (κ2) is 5.94. The van der Waals surface area contributed by atoms with E-state index in [1.54, 1.807) is 36.3 Å². The minimum atomic E-state index is -0.772. The van der Waals surface area contributed by atoms with E-state index >= 15 is 0 Å². The van der Waals surface area contributed by atoms with E-state index in [0.717, 1.165) is 0 Å². The summed E-state index contributed by atoms with van der Waals surface area (Å²) in [5.41, 5.74) is 0.574. The van der Waals surface area contributed by atoms with E-state index in [-0.39, 0.29) is 17.7 Å². The normalized spacial score (nSPS) is 22.4. The number of piperidine rings is 1. The lowest BCUT2D eigenvalue weighted by molar-refractivity contribution is -0.145. The molecule has 2 rings (SSSR count). The lowest BCUT2D eigenvalue weighted by atomic mass is 9.87. The number of methoxy groups -OCH3 is 1. The molecular weight excluding hydrogens is 258 g/mol. The standard InChI is InChI=1S/C15H19NO4/c1-10-9-16(7-6-13(10)15(18)19)14(17)11-4-3-5-12(8-11)20-2/h3-5,8,10,13H,6-7,9H2,1-2H3,(H,18,19). The van der Waals surface area contributed by atoms with Gasteiger partial charge >= 0.3 is 5.97 Å². The first-order valence-electron chi connectivity index (χ1n) is 6.69. The van der Waals surface area contributed by atoms with Crippen molar-refractivity contribution < 1.29 is 19.4 Å². The van der Waals surface area contributed by atoms with Crippen molar-refractivity contribution in [3.63, 3.8) is 0 Å². The van der Waals surface area contributed by atoms with Crippen LogP contribution in [0.2, 0.25) is 0 Å². The highest BCUT2D eigenvalue weighted by Gasteiger charge is 2.33. The quantitative estimate of drug-likeness (QED) is 0.916. The molecule has 0 aromatic heterocycles. The summed E-state index contributed by atoms with van der Waals surface area (Å²) >= 11 is 0. The lowest BCUT2D eigenvalue weighted by Crippen LogP contribution is -2.45. The number of hydrogen-bond acceptors (Lipinski definition) is 3. The second-order valence-electron chi connectivity index (χ2n) is 5.19. The molecule has 20 heavy (non-hydrogen) atoms. The van der Waals surface area contributed by atoms with Gasteiger partial charge in [-0.1, -0.05) is 13.0 Å². The molecule has 1 saturated heterocycles. The summed E-state index contributed by atoms with van der Waals surface area (Å²) in [6.45, 7) is 2.84. The molecule has 0 radical (unpaired) electrons. The average Bonchev–Trinajstić information content (AvgIpc) is 2.46. The fraction of sp³-hybridized carbons (Fsp3) is 0.467. The topological polar surface area (TPSA) is 66.8 Å². The van der Waals surface area contributed by atoms with Gasteiger partial charge in [0.15, 0.2) is 0 Å². The van der Waals surface area contributed by atoms with Gasteiger partial charge in [-0.3, -0.25) is 9.59 Å². The molecule has 2 unspecified atom stereocenters. The van der Waals surface area contributed by atoms with Crippen molar-refractivity contribution >= 4 is 11.9 Å². The van der Waals surface area contributed by atoms with Crippen LogP contribution in [0.15, 0.2) is 24.3 Å². The molecule has 1 aromatic rings.